The van der Waals surface area contributed by atoms with Crippen LogP contribution in [0, 0.1) is 0 Å². The van der Waals surface area contributed by atoms with Gasteiger partial charge in [0, 0.05) is 6.54 Å². The standard InChI is InChI=1S/C16H25NO6/c18-7-9-21-11-13-22-12-10-20-8-6-17-16(19)23-14-15-4-2-1-3-5-15/h1-5,18H,6-14H2,(H,17,19). The molecule has 0 saturated carbocycles. The number of ether oxygens (including phenoxy) is 4. The minimum atomic E-state index is -0.463. The van der Waals surface area contributed by atoms with Gasteiger partial charge in [-0.1, -0.05) is 30.3 Å². The number of aliphatic hydroxyl groups excluding tert-OH is 1. The molecule has 0 unspecified atom stereocenters. The van der Waals surface area contributed by atoms with Crippen LogP contribution in [0.1, 0.15) is 5.56 Å². The second-order valence-corrected chi connectivity index (χ2v) is 4.55. The molecule has 130 valence electrons. The van der Waals surface area contributed by atoms with Gasteiger partial charge in [0.2, 0.25) is 0 Å². The quantitative estimate of drug-likeness (QED) is 0.525. The number of aliphatic hydroxyl groups is 1. The Morgan fingerprint density at radius 3 is 2.17 bits per heavy atom. The third-order valence-electron chi connectivity index (χ3n) is 2.71. The maximum atomic E-state index is 11.4. The van der Waals surface area contributed by atoms with E-state index in [0.29, 0.717) is 46.2 Å². The third kappa shape index (κ3) is 11.5. The summed E-state index contributed by atoms with van der Waals surface area (Å²) in [5.74, 6) is 0. The summed E-state index contributed by atoms with van der Waals surface area (Å²) in [6.45, 7) is 3.19. The first-order valence-corrected chi connectivity index (χ1v) is 7.61. The molecule has 0 bridgehead atoms. The molecule has 0 saturated heterocycles. The molecule has 0 spiro atoms. The Morgan fingerprint density at radius 2 is 1.52 bits per heavy atom. The van der Waals surface area contributed by atoms with Gasteiger partial charge in [0.15, 0.2) is 0 Å². The SMILES string of the molecule is O=C(NCCOCCOCCOCCO)OCc1ccccc1. The predicted octanol–water partition coefficient (Wildman–Crippen LogP) is 0.955. The molecular formula is C16H25NO6. The second-order valence-electron chi connectivity index (χ2n) is 4.55. The van der Waals surface area contributed by atoms with E-state index in [2.05, 4.69) is 5.32 Å². The van der Waals surface area contributed by atoms with Crippen molar-refractivity contribution in [1.29, 1.82) is 0 Å². The number of carbonyl (C=O) groups is 1. The van der Waals surface area contributed by atoms with E-state index in [1.54, 1.807) is 0 Å². The molecule has 0 atom stereocenters. The van der Waals surface area contributed by atoms with E-state index in [1.807, 2.05) is 30.3 Å². The average molecular weight is 327 g/mol. The fraction of sp³-hybridized carbons (Fsp3) is 0.562. The van der Waals surface area contributed by atoms with Crippen LogP contribution in [0.15, 0.2) is 30.3 Å². The lowest BCUT2D eigenvalue weighted by Gasteiger charge is -2.08. The highest BCUT2D eigenvalue weighted by Crippen LogP contribution is 2.00. The Kier molecular flexibility index (Phi) is 11.8. The highest BCUT2D eigenvalue weighted by molar-refractivity contribution is 5.67. The summed E-state index contributed by atoms with van der Waals surface area (Å²) in [4.78, 5) is 11.4. The van der Waals surface area contributed by atoms with Crippen LogP contribution < -0.4 is 5.32 Å². The first-order chi connectivity index (χ1) is 11.3. The third-order valence-corrected chi connectivity index (χ3v) is 2.71. The van der Waals surface area contributed by atoms with Gasteiger partial charge in [0.05, 0.1) is 46.2 Å². The second kappa shape index (κ2) is 14.0. The molecule has 1 rings (SSSR count). The Bertz CT molecular complexity index is 401. The number of benzene rings is 1. The number of nitrogens with one attached hydrogen (secondary N) is 1. The number of rotatable bonds is 13. The highest BCUT2D eigenvalue weighted by atomic mass is 16.6. The monoisotopic (exact) mass is 327 g/mol. The number of hydrogen-bond donors (Lipinski definition) is 2. The van der Waals surface area contributed by atoms with Crippen molar-refractivity contribution in [2.45, 2.75) is 6.61 Å². The van der Waals surface area contributed by atoms with Gasteiger partial charge in [-0.15, -0.1) is 0 Å². The number of alkyl carbamates (subject to hydrolysis) is 1. The largest absolute Gasteiger partial charge is 0.445 e. The normalized spacial score (nSPS) is 10.5. The molecule has 1 amide bonds. The van der Waals surface area contributed by atoms with Crippen LogP contribution in [0.4, 0.5) is 4.79 Å². The highest BCUT2D eigenvalue weighted by Gasteiger charge is 2.01. The van der Waals surface area contributed by atoms with Crippen molar-refractivity contribution in [2.75, 3.05) is 52.8 Å². The van der Waals surface area contributed by atoms with Gasteiger partial charge in [-0.2, -0.15) is 0 Å². The Balaban J connectivity index is 1.84. The number of hydrogen-bond acceptors (Lipinski definition) is 6. The van der Waals surface area contributed by atoms with Crippen LogP contribution in [0.5, 0.6) is 0 Å². The minimum Gasteiger partial charge on any atom is -0.445 e. The summed E-state index contributed by atoms with van der Waals surface area (Å²) < 4.78 is 20.6. The van der Waals surface area contributed by atoms with Crippen molar-refractivity contribution in [3.05, 3.63) is 35.9 Å². The summed E-state index contributed by atoms with van der Waals surface area (Å²) in [7, 11) is 0. The molecule has 23 heavy (non-hydrogen) atoms. The first-order valence-electron chi connectivity index (χ1n) is 7.61. The van der Waals surface area contributed by atoms with E-state index in [0.717, 1.165) is 5.56 Å². The molecule has 0 aliphatic rings. The smallest absolute Gasteiger partial charge is 0.407 e. The predicted molar refractivity (Wildman–Crippen MR) is 84.2 cm³/mol. The molecule has 0 aliphatic carbocycles. The molecular weight excluding hydrogens is 302 g/mol. The van der Waals surface area contributed by atoms with Crippen LogP contribution in [-0.2, 0) is 25.6 Å². The van der Waals surface area contributed by atoms with Crippen LogP contribution in [0.3, 0.4) is 0 Å². The van der Waals surface area contributed by atoms with Crippen molar-refractivity contribution in [3.63, 3.8) is 0 Å². The Morgan fingerprint density at radius 1 is 0.913 bits per heavy atom. The van der Waals surface area contributed by atoms with Crippen molar-refractivity contribution in [2.24, 2.45) is 0 Å². The molecule has 0 aliphatic heterocycles. The van der Waals surface area contributed by atoms with Gasteiger partial charge in [-0.25, -0.2) is 4.79 Å². The minimum absolute atomic E-state index is 0.0178. The number of amides is 1. The average Bonchev–Trinajstić information content (AvgIpc) is 2.59. The summed E-state index contributed by atoms with van der Waals surface area (Å²) in [6, 6.07) is 9.49. The van der Waals surface area contributed by atoms with Crippen LogP contribution >= 0.6 is 0 Å². The lowest BCUT2D eigenvalue weighted by molar-refractivity contribution is 0.00814. The molecule has 0 heterocycles. The zero-order valence-electron chi connectivity index (χ0n) is 13.2. The van der Waals surface area contributed by atoms with E-state index in [4.69, 9.17) is 24.1 Å². The molecule has 0 fully saturated rings. The van der Waals surface area contributed by atoms with Crippen molar-refractivity contribution in [1.82, 2.24) is 5.32 Å². The Labute approximate surface area is 136 Å². The summed E-state index contributed by atoms with van der Waals surface area (Å²) >= 11 is 0. The van der Waals surface area contributed by atoms with E-state index >= 15 is 0 Å². The summed E-state index contributed by atoms with van der Waals surface area (Å²) in [5, 5.41) is 11.1. The van der Waals surface area contributed by atoms with Gasteiger partial charge < -0.3 is 29.4 Å². The zero-order chi connectivity index (χ0) is 16.6. The summed E-state index contributed by atoms with van der Waals surface area (Å²) in [5.41, 5.74) is 0.944. The van der Waals surface area contributed by atoms with Crippen LogP contribution in [0.2, 0.25) is 0 Å². The van der Waals surface area contributed by atoms with Gasteiger partial charge in [-0.05, 0) is 5.56 Å². The molecule has 0 radical (unpaired) electrons. The number of carbonyl (C=O) groups excluding carboxylic acids is 1. The van der Waals surface area contributed by atoms with E-state index in [1.165, 1.54) is 0 Å². The molecule has 2 N–H and O–H groups in total. The van der Waals surface area contributed by atoms with E-state index in [9.17, 15) is 4.79 Å². The van der Waals surface area contributed by atoms with Gasteiger partial charge in [0.1, 0.15) is 6.61 Å². The van der Waals surface area contributed by atoms with E-state index < -0.39 is 6.09 Å². The maximum Gasteiger partial charge on any atom is 0.407 e. The van der Waals surface area contributed by atoms with Gasteiger partial charge in [-0.3, -0.25) is 0 Å². The molecule has 7 nitrogen and oxygen atoms in total. The summed E-state index contributed by atoms with van der Waals surface area (Å²) in [6.07, 6.45) is -0.463. The van der Waals surface area contributed by atoms with Crippen LogP contribution in [0.25, 0.3) is 0 Å². The lowest BCUT2D eigenvalue weighted by atomic mass is 10.2. The molecule has 7 heteroatoms. The molecule has 1 aromatic carbocycles. The topological polar surface area (TPSA) is 86.3 Å². The van der Waals surface area contributed by atoms with Gasteiger partial charge in [0.25, 0.3) is 0 Å². The zero-order valence-corrected chi connectivity index (χ0v) is 13.2. The Hall–Kier alpha value is -1.67. The van der Waals surface area contributed by atoms with Crippen molar-refractivity contribution < 1.29 is 28.8 Å². The maximum absolute atomic E-state index is 11.4. The van der Waals surface area contributed by atoms with E-state index in [-0.39, 0.29) is 13.2 Å². The fourth-order valence-corrected chi connectivity index (χ4v) is 1.61. The lowest BCUT2D eigenvalue weighted by Crippen LogP contribution is -2.28. The van der Waals surface area contributed by atoms with Crippen molar-refractivity contribution in [3.8, 4) is 0 Å². The molecule has 0 aromatic heterocycles. The molecule has 1 aromatic rings. The van der Waals surface area contributed by atoms with Crippen molar-refractivity contribution >= 4 is 6.09 Å². The fourth-order valence-electron chi connectivity index (χ4n) is 1.61. The first kappa shape index (κ1) is 19.4. The van der Waals surface area contributed by atoms with Crippen LogP contribution in [-0.4, -0.2) is 64.0 Å². The van der Waals surface area contributed by atoms with Gasteiger partial charge >= 0.3 is 6.09 Å².